The summed E-state index contributed by atoms with van der Waals surface area (Å²) in [5.41, 5.74) is 0. The van der Waals surface area contributed by atoms with Crippen LogP contribution in [0.15, 0.2) is 12.2 Å². The Morgan fingerprint density at radius 3 is 2.59 bits per heavy atom. The monoisotopic (exact) mass is 262 g/mol. The number of sulfonamides is 1. The lowest BCUT2D eigenvalue weighted by Gasteiger charge is -2.13. The fourth-order valence-electron chi connectivity index (χ4n) is 1.25. The minimum Gasteiger partial charge on any atom is -0.354 e. The average molecular weight is 262 g/mol. The Bertz CT molecular complexity index is 350. The predicted molar refractivity (Wildman–Crippen MR) is 69.1 cm³/mol. The highest BCUT2D eigenvalue weighted by Gasteiger charge is 2.18. The molecule has 0 aliphatic heterocycles. The van der Waals surface area contributed by atoms with Crippen LogP contribution in [0, 0.1) is 0 Å². The molecule has 17 heavy (non-hydrogen) atoms. The smallest absolute Gasteiger partial charge is 0.237 e. The molecular formula is C11H22N2O3S. The highest BCUT2D eigenvalue weighted by atomic mass is 32.2. The summed E-state index contributed by atoms with van der Waals surface area (Å²) in [5.74, 6) is -0.252. The fourth-order valence-corrected chi connectivity index (χ4v) is 2.55. The molecule has 0 bridgehead atoms. The van der Waals surface area contributed by atoms with Crippen LogP contribution in [0.25, 0.3) is 0 Å². The molecule has 0 fully saturated rings. The molecule has 0 aliphatic rings. The second kappa shape index (κ2) is 8.25. The van der Waals surface area contributed by atoms with E-state index in [0.717, 1.165) is 6.42 Å². The first-order valence-corrected chi connectivity index (χ1v) is 7.47. The van der Waals surface area contributed by atoms with Gasteiger partial charge in [-0.1, -0.05) is 19.1 Å². The molecule has 0 saturated carbocycles. The summed E-state index contributed by atoms with van der Waals surface area (Å²) in [6.07, 6.45) is 5.12. The largest absolute Gasteiger partial charge is 0.354 e. The minimum atomic E-state index is -3.34. The van der Waals surface area contributed by atoms with E-state index in [-0.39, 0.29) is 11.7 Å². The van der Waals surface area contributed by atoms with Gasteiger partial charge in [-0.15, -0.1) is 0 Å². The van der Waals surface area contributed by atoms with E-state index in [1.807, 2.05) is 19.1 Å². The van der Waals surface area contributed by atoms with Gasteiger partial charge in [-0.05, 0) is 26.7 Å². The van der Waals surface area contributed by atoms with E-state index in [4.69, 9.17) is 0 Å². The van der Waals surface area contributed by atoms with Crippen LogP contribution >= 0.6 is 0 Å². The Morgan fingerprint density at radius 2 is 2.06 bits per heavy atom. The zero-order chi connectivity index (χ0) is 13.3. The van der Waals surface area contributed by atoms with Crippen LogP contribution in [0.5, 0.6) is 0 Å². The van der Waals surface area contributed by atoms with Crippen LogP contribution < -0.4 is 10.0 Å². The average Bonchev–Trinajstić information content (AvgIpc) is 2.23. The molecule has 1 amide bonds. The van der Waals surface area contributed by atoms with Gasteiger partial charge in [0.05, 0.1) is 11.8 Å². The van der Waals surface area contributed by atoms with E-state index in [1.54, 1.807) is 6.92 Å². The lowest BCUT2D eigenvalue weighted by Crippen LogP contribution is -2.45. The highest BCUT2D eigenvalue weighted by molar-refractivity contribution is 7.89. The second-order valence-electron chi connectivity index (χ2n) is 3.81. The molecule has 5 nitrogen and oxygen atoms in total. The van der Waals surface area contributed by atoms with Crippen LogP contribution in [0.1, 0.15) is 33.6 Å². The van der Waals surface area contributed by atoms with Gasteiger partial charge in [0.2, 0.25) is 15.9 Å². The van der Waals surface area contributed by atoms with Crippen LogP contribution in [-0.4, -0.2) is 32.7 Å². The summed E-state index contributed by atoms with van der Waals surface area (Å²) in [6.45, 7) is 5.74. The molecule has 0 rings (SSSR count). The lowest BCUT2D eigenvalue weighted by atomic mass is 10.3. The first-order valence-electron chi connectivity index (χ1n) is 5.81. The van der Waals surface area contributed by atoms with Gasteiger partial charge >= 0.3 is 0 Å². The molecule has 0 aromatic carbocycles. The normalized spacial score (nSPS) is 13.8. The maximum Gasteiger partial charge on any atom is 0.237 e. The Morgan fingerprint density at radius 1 is 1.41 bits per heavy atom. The molecule has 0 heterocycles. The van der Waals surface area contributed by atoms with Crippen molar-refractivity contribution < 1.29 is 13.2 Å². The molecule has 2 N–H and O–H groups in total. The Kier molecular flexibility index (Phi) is 7.82. The Labute approximate surface area is 104 Å². The van der Waals surface area contributed by atoms with Crippen LogP contribution in [0.4, 0.5) is 0 Å². The van der Waals surface area contributed by atoms with Crippen molar-refractivity contribution in [3.8, 4) is 0 Å². The van der Waals surface area contributed by atoms with E-state index in [2.05, 4.69) is 10.0 Å². The van der Waals surface area contributed by atoms with Crippen LogP contribution in [0.3, 0.4) is 0 Å². The van der Waals surface area contributed by atoms with Gasteiger partial charge in [0.15, 0.2) is 0 Å². The summed E-state index contributed by atoms with van der Waals surface area (Å²) in [4.78, 5) is 11.5. The lowest BCUT2D eigenvalue weighted by molar-refractivity contribution is -0.122. The molecule has 0 aromatic heterocycles. The summed E-state index contributed by atoms with van der Waals surface area (Å²) in [6, 6.07) is -0.725. The van der Waals surface area contributed by atoms with Gasteiger partial charge in [0, 0.05) is 6.54 Å². The number of hydrogen-bond acceptors (Lipinski definition) is 3. The number of carbonyl (C=O) groups excluding carboxylic acids is 1. The van der Waals surface area contributed by atoms with Gasteiger partial charge in [0.1, 0.15) is 0 Å². The Hall–Kier alpha value is -0.880. The van der Waals surface area contributed by atoms with Gasteiger partial charge < -0.3 is 5.32 Å². The van der Waals surface area contributed by atoms with E-state index >= 15 is 0 Å². The molecule has 0 aromatic rings. The summed E-state index contributed by atoms with van der Waals surface area (Å²) in [5, 5.41) is 2.66. The number of hydrogen-bond donors (Lipinski definition) is 2. The van der Waals surface area contributed by atoms with Gasteiger partial charge in [-0.3, -0.25) is 4.79 Å². The third-order valence-electron chi connectivity index (χ3n) is 2.07. The molecule has 0 aliphatic carbocycles. The van der Waals surface area contributed by atoms with Crippen molar-refractivity contribution >= 4 is 15.9 Å². The quantitative estimate of drug-likeness (QED) is 0.501. The van der Waals surface area contributed by atoms with Gasteiger partial charge in [0.25, 0.3) is 0 Å². The topological polar surface area (TPSA) is 75.3 Å². The van der Waals surface area contributed by atoms with Crippen molar-refractivity contribution in [2.24, 2.45) is 0 Å². The summed E-state index contributed by atoms with van der Waals surface area (Å²) < 4.78 is 25.2. The zero-order valence-electron chi connectivity index (χ0n) is 10.7. The van der Waals surface area contributed by atoms with Crippen LogP contribution in [-0.2, 0) is 14.8 Å². The van der Waals surface area contributed by atoms with E-state index in [1.165, 1.54) is 6.92 Å². The molecular weight excluding hydrogens is 240 g/mol. The second-order valence-corrected chi connectivity index (χ2v) is 5.68. The number of carbonyl (C=O) groups is 1. The molecule has 0 saturated heterocycles. The van der Waals surface area contributed by atoms with Crippen molar-refractivity contribution in [2.75, 3.05) is 12.3 Å². The molecule has 1 atom stereocenters. The maximum atomic E-state index is 11.5. The van der Waals surface area contributed by atoms with Crippen molar-refractivity contribution in [3.63, 3.8) is 0 Å². The van der Waals surface area contributed by atoms with E-state index < -0.39 is 16.1 Å². The number of amides is 1. The Balaban J connectivity index is 4.05. The van der Waals surface area contributed by atoms with Gasteiger partial charge in [-0.2, -0.15) is 0 Å². The van der Waals surface area contributed by atoms with Crippen molar-refractivity contribution in [1.82, 2.24) is 10.0 Å². The number of nitrogens with one attached hydrogen (secondary N) is 2. The highest BCUT2D eigenvalue weighted by Crippen LogP contribution is 1.93. The van der Waals surface area contributed by atoms with E-state index in [0.29, 0.717) is 13.0 Å². The SMILES string of the molecule is C/C=C/CCNC(=O)C(C)NS(=O)(=O)CCC. The molecule has 6 heteroatoms. The first-order chi connectivity index (χ1) is 7.93. The van der Waals surface area contributed by atoms with Crippen molar-refractivity contribution in [2.45, 2.75) is 39.7 Å². The molecule has 0 radical (unpaired) electrons. The molecule has 1 unspecified atom stereocenters. The summed E-state index contributed by atoms with van der Waals surface area (Å²) >= 11 is 0. The zero-order valence-corrected chi connectivity index (χ0v) is 11.5. The minimum absolute atomic E-state index is 0.0448. The molecule has 0 spiro atoms. The predicted octanol–water partition coefficient (Wildman–Crippen LogP) is 0.787. The maximum absolute atomic E-state index is 11.5. The van der Waals surface area contributed by atoms with Crippen molar-refractivity contribution in [3.05, 3.63) is 12.2 Å². The third-order valence-corrected chi connectivity index (χ3v) is 3.73. The van der Waals surface area contributed by atoms with Gasteiger partial charge in [-0.25, -0.2) is 13.1 Å². The standard InChI is InChI=1S/C11H22N2O3S/c1-4-6-7-8-12-11(14)10(3)13-17(15,16)9-5-2/h4,6,10,13H,5,7-9H2,1-3H3,(H,12,14)/b6-4+. The number of allylic oxidation sites excluding steroid dienone is 1. The van der Waals surface area contributed by atoms with Crippen LogP contribution in [0.2, 0.25) is 0 Å². The van der Waals surface area contributed by atoms with Crippen molar-refractivity contribution in [1.29, 1.82) is 0 Å². The fraction of sp³-hybridized carbons (Fsp3) is 0.727. The first kappa shape index (κ1) is 16.1. The van der Waals surface area contributed by atoms with E-state index in [9.17, 15) is 13.2 Å². The molecule has 100 valence electrons. The summed E-state index contributed by atoms with van der Waals surface area (Å²) in [7, 11) is -3.34. The third kappa shape index (κ3) is 7.93. The number of rotatable bonds is 8.